The summed E-state index contributed by atoms with van der Waals surface area (Å²) in [7, 11) is 0. The number of Topliss-reactive ketones (excluding diaryl/α,β-unsaturated/α-hetero) is 1. The van der Waals surface area contributed by atoms with E-state index in [0.717, 1.165) is 25.7 Å². The molecule has 0 aliphatic heterocycles. The van der Waals surface area contributed by atoms with Gasteiger partial charge in [0.25, 0.3) is 0 Å². The second-order valence-corrected chi connectivity index (χ2v) is 5.38. The Labute approximate surface area is 117 Å². The van der Waals surface area contributed by atoms with Crippen LogP contribution >= 0.6 is 0 Å². The van der Waals surface area contributed by atoms with Crippen LogP contribution in [0.5, 0.6) is 0 Å². The Bertz CT molecular complexity index is 335. The molecule has 0 N–H and O–H groups in total. The maximum Gasteiger partial charge on any atom is 0.169 e. The molecule has 0 atom stereocenters. The van der Waals surface area contributed by atoms with E-state index in [4.69, 9.17) is 0 Å². The molecule has 0 spiro atoms. The number of hydrogen-bond acceptors (Lipinski definition) is 2. The van der Waals surface area contributed by atoms with Crippen molar-refractivity contribution >= 4 is 11.7 Å². The van der Waals surface area contributed by atoms with Crippen LogP contribution < -0.4 is 0 Å². The second kappa shape index (κ2) is 10.8. The average Bonchev–Trinajstić information content (AvgIpc) is 2.42. The highest BCUT2D eigenvalue weighted by atomic mass is 16.1. The maximum absolute atomic E-state index is 11.8. The monoisotopic (exact) mass is 262 g/mol. The zero-order chi connectivity index (χ0) is 13.8. The van der Waals surface area contributed by atoms with Gasteiger partial charge >= 0.3 is 0 Å². The standard InChI is InChI=1S/C17H26O2/c18-15-16-13-11-9-7-5-3-1-2-4-6-8-10-12-14-17(16)19/h7,9H,1-6,8,10-14H2/b9-7+. The lowest BCUT2D eigenvalue weighted by molar-refractivity contribution is -0.115. The van der Waals surface area contributed by atoms with Crippen molar-refractivity contribution in [3.8, 4) is 0 Å². The van der Waals surface area contributed by atoms with Crippen LogP contribution in [0, 0.1) is 0 Å². The van der Waals surface area contributed by atoms with Gasteiger partial charge in [-0.25, -0.2) is 4.79 Å². The van der Waals surface area contributed by atoms with Gasteiger partial charge in [0.05, 0.1) is 5.57 Å². The Hall–Kier alpha value is -1.14. The molecule has 1 rings (SSSR count). The van der Waals surface area contributed by atoms with Crippen LogP contribution in [0.2, 0.25) is 0 Å². The molecule has 0 aromatic rings. The van der Waals surface area contributed by atoms with E-state index in [2.05, 4.69) is 12.2 Å². The van der Waals surface area contributed by atoms with E-state index in [9.17, 15) is 9.59 Å². The highest BCUT2D eigenvalue weighted by Gasteiger charge is 2.09. The Balaban J connectivity index is 2.43. The van der Waals surface area contributed by atoms with Crippen molar-refractivity contribution in [2.45, 2.75) is 77.0 Å². The van der Waals surface area contributed by atoms with E-state index < -0.39 is 0 Å². The fraction of sp³-hybridized carbons (Fsp3) is 0.706. The SMILES string of the molecule is O=C=C1CC/C=C/CCCCCCCCCCC1=O. The highest BCUT2D eigenvalue weighted by Crippen LogP contribution is 2.14. The number of rotatable bonds is 0. The fourth-order valence-corrected chi connectivity index (χ4v) is 2.47. The van der Waals surface area contributed by atoms with Gasteiger partial charge in [-0.2, -0.15) is 0 Å². The van der Waals surface area contributed by atoms with Gasteiger partial charge in [-0.05, 0) is 32.1 Å². The van der Waals surface area contributed by atoms with E-state index in [1.54, 1.807) is 0 Å². The summed E-state index contributed by atoms with van der Waals surface area (Å²) in [5.41, 5.74) is 0.358. The Morgan fingerprint density at radius 1 is 0.737 bits per heavy atom. The van der Waals surface area contributed by atoms with E-state index in [1.165, 1.54) is 38.5 Å². The molecule has 0 heterocycles. The second-order valence-electron chi connectivity index (χ2n) is 5.38. The van der Waals surface area contributed by atoms with Crippen LogP contribution in [0.25, 0.3) is 0 Å². The number of ketones is 1. The van der Waals surface area contributed by atoms with Crippen LogP contribution in [0.15, 0.2) is 17.7 Å². The fourth-order valence-electron chi connectivity index (χ4n) is 2.47. The molecular formula is C17H26O2. The Morgan fingerprint density at radius 2 is 1.32 bits per heavy atom. The summed E-state index contributed by atoms with van der Waals surface area (Å²) in [6.45, 7) is 0. The minimum Gasteiger partial charge on any atom is -0.294 e. The lowest BCUT2D eigenvalue weighted by Crippen LogP contribution is -2.03. The summed E-state index contributed by atoms with van der Waals surface area (Å²) in [5, 5.41) is 0. The largest absolute Gasteiger partial charge is 0.294 e. The molecule has 0 saturated carbocycles. The van der Waals surface area contributed by atoms with Crippen molar-refractivity contribution < 1.29 is 9.59 Å². The molecule has 1 aliphatic rings. The predicted octanol–water partition coefficient (Wildman–Crippen LogP) is 4.56. The van der Waals surface area contributed by atoms with Crippen molar-refractivity contribution in [3.05, 3.63) is 17.7 Å². The predicted molar refractivity (Wildman–Crippen MR) is 78.8 cm³/mol. The molecule has 0 aromatic carbocycles. The van der Waals surface area contributed by atoms with E-state index in [0.29, 0.717) is 18.4 Å². The van der Waals surface area contributed by atoms with Crippen LogP contribution in [-0.4, -0.2) is 11.7 Å². The summed E-state index contributed by atoms with van der Waals surface area (Å²) < 4.78 is 0. The quantitative estimate of drug-likeness (QED) is 0.364. The first kappa shape index (κ1) is 15.9. The van der Waals surface area contributed by atoms with Crippen molar-refractivity contribution in [2.75, 3.05) is 0 Å². The topological polar surface area (TPSA) is 34.1 Å². The maximum atomic E-state index is 11.8. The molecule has 1 aliphatic carbocycles. The first-order valence-electron chi connectivity index (χ1n) is 7.77. The smallest absolute Gasteiger partial charge is 0.169 e. The first-order valence-corrected chi connectivity index (χ1v) is 7.77. The lowest BCUT2D eigenvalue weighted by atomic mass is 10.00. The van der Waals surface area contributed by atoms with Crippen LogP contribution in [0.4, 0.5) is 0 Å². The van der Waals surface area contributed by atoms with Gasteiger partial charge in [0, 0.05) is 6.42 Å². The van der Waals surface area contributed by atoms with Gasteiger partial charge in [-0.1, -0.05) is 50.7 Å². The molecule has 106 valence electrons. The van der Waals surface area contributed by atoms with Crippen molar-refractivity contribution in [3.63, 3.8) is 0 Å². The summed E-state index contributed by atoms with van der Waals surface area (Å²) in [6.07, 6.45) is 17.0. The van der Waals surface area contributed by atoms with Gasteiger partial charge in [-0.3, -0.25) is 4.79 Å². The molecular weight excluding hydrogens is 236 g/mol. The van der Waals surface area contributed by atoms with Gasteiger partial charge < -0.3 is 0 Å². The van der Waals surface area contributed by atoms with Gasteiger partial charge in [0.2, 0.25) is 0 Å². The van der Waals surface area contributed by atoms with Crippen molar-refractivity contribution in [1.82, 2.24) is 0 Å². The molecule has 2 nitrogen and oxygen atoms in total. The highest BCUT2D eigenvalue weighted by molar-refractivity contribution is 6.02. The molecule has 19 heavy (non-hydrogen) atoms. The minimum atomic E-state index is 0.00972. The number of allylic oxidation sites excluding steroid dienone is 3. The van der Waals surface area contributed by atoms with Crippen molar-refractivity contribution in [2.24, 2.45) is 0 Å². The van der Waals surface area contributed by atoms with Gasteiger partial charge in [0.1, 0.15) is 5.94 Å². The van der Waals surface area contributed by atoms with Crippen LogP contribution in [-0.2, 0) is 9.59 Å². The lowest BCUT2D eigenvalue weighted by Gasteiger charge is -2.04. The van der Waals surface area contributed by atoms with E-state index in [1.807, 2.05) is 5.94 Å². The number of hydrogen-bond donors (Lipinski definition) is 0. The summed E-state index contributed by atoms with van der Waals surface area (Å²) in [4.78, 5) is 22.6. The normalized spacial score (nSPS) is 22.7. The molecule has 0 unspecified atom stereocenters. The van der Waals surface area contributed by atoms with Gasteiger partial charge in [-0.15, -0.1) is 0 Å². The molecule has 2 heteroatoms. The molecule has 0 radical (unpaired) electrons. The first-order chi connectivity index (χ1) is 9.34. The summed E-state index contributed by atoms with van der Waals surface area (Å²) >= 11 is 0. The van der Waals surface area contributed by atoms with Crippen LogP contribution in [0.3, 0.4) is 0 Å². The van der Waals surface area contributed by atoms with Crippen LogP contribution in [0.1, 0.15) is 77.0 Å². The summed E-state index contributed by atoms with van der Waals surface area (Å²) in [5.74, 6) is 1.85. The molecule has 0 saturated heterocycles. The molecule has 0 fully saturated rings. The zero-order valence-corrected chi connectivity index (χ0v) is 12.0. The zero-order valence-electron chi connectivity index (χ0n) is 12.0. The Kier molecular flexibility index (Phi) is 9.01. The Morgan fingerprint density at radius 3 is 2.00 bits per heavy atom. The summed E-state index contributed by atoms with van der Waals surface area (Å²) in [6, 6.07) is 0. The van der Waals surface area contributed by atoms with E-state index in [-0.39, 0.29) is 5.78 Å². The third kappa shape index (κ3) is 7.79. The third-order valence-corrected chi connectivity index (χ3v) is 3.71. The average molecular weight is 262 g/mol. The number of carbonyl (C=O) groups is 1. The van der Waals surface area contributed by atoms with E-state index >= 15 is 0 Å². The minimum absolute atomic E-state index is 0.00972. The third-order valence-electron chi connectivity index (χ3n) is 3.71. The molecule has 0 amide bonds. The van der Waals surface area contributed by atoms with Gasteiger partial charge in [0.15, 0.2) is 5.78 Å². The number of carbonyl (C=O) groups excluding carboxylic acids is 2. The van der Waals surface area contributed by atoms with Crippen molar-refractivity contribution in [1.29, 1.82) is 0 Å². The molecule has 0 aromatic heterocycles. The molecule has 0 bridgehead atoms.